The van der Waals surface area contributed by atoms with Gasteiger partial charge in [-0.05, 0) is 0 Å². The van der Waals surface area contributed by atoms with Crippen LogP contribution in [0.25, 0.3) is 34.4 Å². The molecule has 0 bridgehead atoms. The van der Waals surface area contributed by atoms with E-state index in [9.17, 15) is 0 Å². The van der Waals surface area contributed by atoms with Crippen LogP contribution < -0.4 is 9.47 Å². The summed E-state index contributed by atoms with van der Waals surface area (Å²) in [5.74, 6) is 1.35. The third-order valence-corrected chi connectivity index (χ3v) is 66.6. The van der Waals surface area contributed by atoms with E-state index in [0.29, 0.717) is 11.8 Å². The molecule has 0 aliphatic heterocycles. The zero-order valence-electron chi connectivity index (χ0n) is 40.7. The van der Waals surface area contributed by atoms with Crippen LogP contribution in [0.3, 0.4) is 0 Å². The monoisotopic (exact) mass is 965 g/mol. The van der Waals surface area contributed by atoms with Crippen LogP contribution in [0.2, 0.25) is 13.1 Å². The van der Waals surface area contributed by atoms with Crippen LogP contribution in [-0.2, 0) is 37.2 Å². The standard InChI is InChI=1S/2C27H33O.C2H7Si.2ClH.Zr/c2*1-26(2,3)23-15-20(16-24(25(23)28-7)27(4,5)6)21-10-8-9-18-13-19(14-22(18)21)17-11-12-17;1-3-2;;;/h2*8-10,13-17H,11-12H2,1-7H3;3H,1-2H3;2*1H;/q;;;;;+2/p-2. The van der Waals surface area contributed by atoms with Gasteiger partial charge < -0.3 is 0 Å². The Kier molecular flexibility index (Phi) is 11.4. The molecule has 2 fully saturated rings. The van der Waals surface area contributed by atoms with Gasteiger partial charge in [0.25, 0.3) is 0 Å². The first kappa shape index (κ1) is 46.2. The number of halogens is 2. The van der Waals surface area contributed by atoms with Gasteiger partial charge in [-0.15, -0.1) is 0 Å². The number of hydrogen-bond acceptors (Lipinski definition) is 2. The van der Waals surface area contributed by atoms with Crippen LogP contribution in [-0.4, -0.2) is 20.1 Å². The van der Waals surface area contributed by atoms with E-state index in [1.54, 1.807) is 0 Å². The van der Waals surface area contributed by atoms with Crippen molar-refractivity contribution in [1.82, 2.24) is 0 Å². The fourth-order valence-electron chi connectivity index (χ4n) is 11.2. The van der Waals surface area contributed by atoms with Gasteiger partial charge in [0.15, 0.2) is 0 Å². The molecule has 4 aromatic rings. The molecule has 0 aromatic heterocycles. The molecule has 2 unspecified atom stereocenters. The summed E-state index contributed by atoms with van der Waals surface area (Å²) in [5.41, 5.74) is 18.2. The fourth-order valence-corrected chi connectivity index (χ4v) is 42.2. The molecule has 0 heterocycles. The Morgan fingerprint density at radius 3 is 1.06 bits per heavy atom. The van der Waals surface area contributed by atoms with Gasteiger partial charge >= 0.3 is 387 Å². The van der Waals surface area contributed by atoms with Crippen molar-refractivity contribution in [2.75, 3.05) is 14.2 Å². The van der Waals surface area contributed by atoms with Crippen molar-refractivity contribution < 1.29 is 25.0 Å². The van der Waals surface area contributed by atoms with Crippen LogP contribution >= 0.6 is 17.0 Å². The van der Waals surface area contributed by atoms with E-state index in [1.807, 2.05) is 14.2 Å². The SMILES string of the molecule is COc1c(C(C)(C)C)cc(-c2cccc3c2C=C(C2CC2)[CH]3[Zr]([Cl])([Cl])([CH]2C(C3CC3)=Cc3c(-c4cc(C(C)(C)C)c(OC)c(C(C)(C)C)c4)cccc32)[SiH](C)C)cc1C(C)(C)C. The van der Waals surface area contributed by atoms with E-state index in [4.69, 9.17) is 26.5 Å². The Bertz CT molecular complexity index is 2290. The van der Waals surface area contributed by atoms with Crippen molar-refractivity contribution in [3.63, 3.8) is 0 Å². The second-order valence-electron chi connectivity index (χ2n) is 23.9. The van der Waals surface area contributed by atoms with Crippen molar-refractivity contribution >= 4 is 35.1 Å². The first-order chi connectivity index (χ1) is 28.7. The van der Waals surface area contributed by atoms with E-state index in [2.05, 4.69) is 169 Å². The minimum atomic E-state index is -5.04. The van der Waals surface area contributed by atoms with Crippen LogP contribution in [0.5, 0.6) is 11.5 Å². The summed E-state index contributed by atoms with van der Waals surface area (Å²) in [5, 5.41) is 0. The molecule has 331 valence electrons. The van der Waals surface area contributed by atoms with E-state index in [-0.39, 0.29) is 28.9 Å². The van der Waals surface area contributed by atoms with E-state index >= 15 is 0 Å². The van der Waals surface area contributed by atoms with Gasteiger partial charge in [-0.3, -0.25) is 0 Å². The molecule has 4 aliphatic carbocycles. The summed E-state index contributed by atoms with van der Waals surface area (Å²) in [6.07, 6.45) is 10.0. The Balaban J connectivity index is 1.36. The zero-order chi connectivity index (χ0) is 45.3. The molecule has 2 saturated carbocycles. The van der Waals surface area contributed by atoms with Gasteiger partial charge in [0.2, 0.25) is 0 Å². The van der Waals surface area contributed by atoms with Crippen LogP contribution in [0, 0.1) is 11.8 Å². The fraction of sp³-hybridized carbons (Fsp3) is 0.500. The molecule has 2 nitrogen and oxygen atoms in total. The molecule has 6 heteroatoms. The maximum atomic E-state index is 9.07. The number of benzene rings is 4. The summed E-state index contributed by atoms with van der Waals surface area (Å²) in [7, 11) is 21.8. The molecular formula is C56H73Cl2O2SiZr. The molecule has 0 radical (unpaired) electrons. The molecule has 0 saturated heterocycles. The number of methoxy groups -OCH3 is 2. The van der Waals surface area contributed by atoms with Crippen LogP contribution in [0.15, 0.2) is 71.8 Å². The predicted molar refractivity (Wildman–Crippen MR) is 269 cm³/mol. The van der Waals surface area contributed by atoms with E-state index < -0.39 is 21.5 Å². The molecule has 4 aromatic carbocycles. The summed E-state index contributed by atoms with van der Waals surface area (Å²) >= 11 is -5.04. The number of rotatable bonds is 9. The number of allylic oxidation sites excluding steroid dienone is 2. The van der Waals surface area contributed by atoms with Crippen LogP contribution in [0.1, 0.15) is 161 Å². The first-order valence-corrected chi connectivity index (χ1v) is 39.8. The third-order valence-electron chi connectivity index (χ3n) is 14.9. The third kappa shape index (κ3) is 7.63. The topological polar surface area (TPSA) is 18.5 Å². The minimum absolute atomic E-state index is 0.0824. The summed E-state index contributed by atoms with van der Waals surface area (Å²) in [6, 6.07) is 23.8. The average molecular weight is 968 g/mol. The Morgan fingerprint density at radius 2 is 0.823 bits per heavy atom. The van der Waals surface area contributed by atoms with Gasteiger partial charge in [0.05, 0.1) is 0 Å². The summed E-state index contributed by atoms with van der Waals surface area (Å²) in [6.45, 7) is 32.6. The van der Waals surface area contributed by atoms with Gasteiger partial charge in [-0.1, -0.05) is 0 Å². The molecule has 0 N–H and O–H groups in total. The van der Waals surface area contributed by atoms with Gasteiger partial charge in [-0.25, -0.2) is 0 Å². The van der Waals surface area contributed by atoms with Crippen molar-refractivity contribution in [1.29, 1.82) is 0 Å². The molecule has 0 spiro atoms. The van der Waals surface area contributed by atoms with Crippen molar-refractivity contribution in [2.24, 2.45) is 11.8 Å². The maximum absolute atomic E-state index is 9.07. The Morgan fingerprint density at radius 1 is 0.516 bits per heavy atom. The number of fused-ring (bicyclic) bond motifs is 2. The van der Waals surface area contributed by atoms with Gasteiger partial charge in [-0.2, -0.15) is 0 Å². The van der Waals surface area contributed by atoms with Crippen molar-refractivity contribution in [3.05, 3.63) is 116 Å². The number of ether oxygens (including phenoxy) is 2. The molecule has 4 aliphatic rings. The Hall–Kier alpha value is -2.36. The molecule has 0 amide bonds. The first-order valence-electron chi connectivity index (χ1n) is 23.4. The molecule has 8 rings (SSSR count). The van der Waals surface area contributed by atoms with E-state index in [0.717, 1.165) is 11.5 Å². The van der Waals surface area contributed by atoms with Gasteiger partial charge in [0, 0.05) is 0 Å². The second kappa shape index (κ2) is 15.4. The quantitative estimate of drug-likeness (QED) is 0.156. The van der Waals surface area contributed by atoms with Crippen LogP contribution in [0.4, 0.5) is 0 Å². The Labute approximate surface area is 384 Å². The normalized spacial score (nSPS) is 20.1. The zero-order valence-corrected chi connectivity index (χ0v) is 45.8. The molecule has 62 heavy (non-hydrogen) atoms. The second-order valence-corrected chi connectivity index (χ2v) is 66.4. The van der Waals surface area contributed by atoms with Gasteiger partial charge in [0.1, 0.15) is 0 Å². The van der Waals surface area contributed by atoms with Crippen molar-refractivity contribution in [3.8, 4) is 33.8 Å². The van der Waals surface area contributed by atoms with E-state index in [1.165, 1.54) is 104 Å². The predicted octanol–water partition coefficient (Wildman–Crippen LogP) is 16.6. The average Bonchev–Trinajstić information content (AvgIpc) is 4.12. The van der Waals surface area contributed by atoms with Crippen molar-refractivity contribution in [2.45, 2.75) is 151 Å². The number of hydrogen-bond donors (Lipinski definition) is 0. The molecule has 2 atom stereocenters. The summed E-state index contributed by atoms with van der Waals surface area (Å²) < 4.78 is 12.6. The summed E-state index contributed by atoms with van der Waals surface area (Å²) in [4.78, 5) is 0. The molecular weight excluding hydrogens is 895 g/mol.